The van der Waals surface area contributed by atoms with Crippen LogP contribution in [0.2, 0.25) is 0 Å². The average Bonchev–Trinajstić information content (AvgIpc) is 2.90. The third-order valence-electron chi connectivity index (χ3n) is 3.89. The van der Waals surface area contributed by atoms with Gasteiger partial charge in [0, 0.05) is 20.6 Å². The van der Waals surface area contributed by atoms with Gasteiger partial charge in [-0.2, -0.15) is 4.31 Å². The molecule has 1 saturated heterocycles. The third-order valence-corrected chi connectivity index (χ3v) is 5.71. The first-order valence-electron chi connectivity index (χ1n) is 7.08. The Bertz CT molecular complexity index is 626. The predicted octanol–water partition coefficient (Wildman–Crippen LogP) is 1.38. The van der Waals surface area contributed by atoms with Crippen LogP contribution in [0.1, 0.15) is 24.0 Å². The summed E-state index contributed by atoms with van der Waals surface area (Å²) in [5.74, 6) is -0.183. The van der Waals surface area contributed by atoms with Crippen molar-refractivity contribution in [3.05, 3.63) is 35.4 Å². The molecule has 1 unspecified atom stereocenters. The maximum atomic E-state index is 12.6. The van der Waals surface area contributed by atoms with Crippen molar-refractivity contribution in [2.45, 2.75) is 31.6 Å². The molecule has 1 aliphatic heterocycles. The van der Waals surface area contributed by atoms with Crippen molar-refractivity contribution in [1.29, 1.82) is 0 Å². The zero-order valence-corrected chi connectivity index (χ0v) is 13.6. The molecule has 0 spiro atoms. The van der Waals surface area contributed by atoms with Crippen molar-refractivity contribution in [2.75, 3.05) is 20.6 Å². The summed E-state index contributed by atoms with van der Waals surface area (Å²) < 4.78 is 26.7. The molecule has 1 amide bonds. The Morgan fingerprint density at radius 3 is 2.62 bits per heavy atom. The lowest BCUT2D eigenvalue weighted by atomic mass is 10.1. The second kappa shape index (κ2) is 6.15. The number of sulfonamides is 1. The minimum Gasteiger partial charge on any atom is -0.347 e. The van der Waals surface area contributed by atoms with Gasteiger partial charge in [-0.25, -0.2) is 8.42 Å². The van der Waals surface area contributed by atoms with Crippen LogP contribution in [-0.2, 0) is 20.6 Å². The highest BCUT2D eigenvalue weighted by Crippen LogP contribution is 2.25. The van der Waals surface area contributed by atoms with Crippen LogP contribution in [0.15, 0.2) is 24.3 Å². The molecule has 1 aromatic carbocycles. The maximum Gasteiger partial charge on any atom is 0.240 e. The monoisotopic (exact) mass is 310 g/mol. The minimum atomic E-state index is -3.48. The Balaban J connectivity index is 2.23. The lowest BCUT2D eigenvalue weighted by Crippen LogP contribution is -2.45. The molecule has 0 radical (unpaired) electrons. The summed E-state index contributed by atoms with van der Waals surface area (Å²) in [4.78, 5) is 13.6. The van der Waals surface area contributed by atoms with Gasteiger partial charge in [0.25, 0.3) is 0 Å². The number of amides is 1. The van der Waals surface area contributed by atoms with Gasteiger partial charge < -0.3 is 4.90 Å². The van der Waals surface area contributed by atoms with E-state index in [0.717, 1.165) is 17.5 Å². The highest BCUT2D eigenvalue weighted by atomic mass is 32.2. The van der Waals surface area contributed by atoms with Gasteiger partial charge >= 0.3 is 0 Å². The lowest BCUT2D eigenvalue weighted by molar-refractivity contribution is -0.132. The van der Waals surface area contributed by atoms with Crippen molar-refractivity contribution in [1.82, 2.24) is 9.21 Å². The summed E-state index contributed by atoms with van der Waals surface area (Å²) in [6, 6.07) is 6.90. The Labute approximate surface area is 126 Å². The molecule has 1 aromatic rings. The van der Waals surface area contributed by atoms with Crippen LogP contribution < -0.4 is 0 Å². The zero-order chi connectivity index (χ0) is 15.6. The predicted molar refractivity (Wildman–Crippen MR) is 82.2 cm³/mol. The molecule has 6 heteroatoms. The molecule has 1 aliphatic rings. The first kappa shape index (κ1) is 16.0. The van der Waals surface area contributed by atoms with Crippen LogP contribution in [0.5, 0.6) is 0 Å². The van der Waals surface area contributed by atoms with E-state index in [1.54, 1.807) is 14.1 Å². The summed E-state index contributed by atoms with van der Waals surface area (Å²) in [5.41, 5.74) is 1.75. The quantitative estimate of drug-likeness (QED) is 0.844. The lowest BCUT2D eigenvalue weighted by Gasteiger charge is -2.25. The van der Waals surface area contributed by atoms with Crippen LogP contribution in [-0.4, -0.2) is 50.2 Å². The van der Waals surface area contributed by atoms with Crippen LogP contribution in [0.3, 0.4) is 0 Å². The Morgan fingerprint density at radius 1 is 1.33 bits per heavy atom. The minimum absolute atomic E-state index is 0.0448. The molecular formula is C15H22N2O3S. The summed E-state index contributed by atoms with van der Waals surface area (Å²) >= 11 is 0. The Kier molecular flexibility index (Phi) is 4.68. The molecule has 1 fully saturated rings. The number of nitrogens with zero attached hydrogens (tertiary/aromatic N) is 2. The molecule has 0 N–H and O–H groups in total. The van der Waals surface area contributed by atoms with E-state index in [-0.39, 0.29) is 11.7 Å². The van der Waals surface area contributed by atoms with E-state index in [4.69, 9.17) is 0 Å². The highest BCUT2D eigenvalue weighted by Gasteiger charge is 2.39. The normalized spacial score (nSPS) is 19.7. The third kappa shape index (κ3) is 3.44. The molecule has 0 saturated carbocycles. The fourth-order valence-corrected chi connectivity index (χ4v) is 4.54. The van der Waals surface area contributed by atoms with Crippen molar-refractivity contribution in [2.24, 2.45) is 0 Å². The summed E-state index contributed by atoms with van der Waals surface area (Å²) in [7, 11) is -0.158. The molecule has 21 heavy (non-hydrogen) atoms. The van der Waals surface area contributed by atoms with Gasteiger partial charge in [0.1, 0.15) is 6.04 Å². The molecule has 0 aromatic heterocycles. The molecule has 0 aliphatic carbocycles. The zero-order valence-electron chi connectivity index (χ0n) is 12.7. The summed E-state index contributed by atoms with van der Waals surface area (Å²) in [6.45, 7) is 2.33. The van der Waals surface area contributed by atoms with Gasteiger partial charge in [0.15, 0.2) is 0 Å². The first-order chi connectivity index (χ1) is 9.83. The molecule has 1 heterocycles. The van der Waals surface area contributed by atoms with Gasteiger partial charge in [0.05, 0.1) is 5.75 Å². The van der Waals surface area contributed by atoms with E-state index in [9.17, 15) is 13.2 Å². The van der Waals surface area contributed by atoms with Gasteiger partial charge in [-0.1, -0.05) is 24.3 Å². The average molecular weight is 310 g/mol. The second-order valence-electron chi connectivity index (χ2n) is 5.68. The maximum absolute atomic E-state index is 12.6. The fourth-order valence-electron chi connectivity index (χ4n) is 2.67. The fraction of sp³-hybridized carbons (Fsp3) is 0.533. The van der Waals surface area contributed by atoms with E-state index >= 15 is 0 Å². The van der Waals surface area contributed by atoms with E-state index in [1.807, 2.05) is 31.2 Å². The van der Waals surface area contributed by atoms with Crippen molar-refractivity contribution < 1.29 is 13.2 Å². The number of hydrogen-bond donors (Lipinski definition) is 0. The summed E-state index contributed by atoms with van der Waals surface area (Å²) in [5, 5.41) is 0. The van der Waals surface area contributed by atoms with E-state index < -0.39 is 16.1 Å². The molecule has 5 nitrogen and oxygen atoms in total. The smallest absolute Gasteiger partial charge is 0.240 e. The SMILES string of the molecule is Cc1ccccc1CS(=O)(=O)N1CCCC1C(=O)N(C)C. The molecule has 116 valence electrons. The largest absolute Gasteiger partial charge is 0.347 e. The van der Waals surface area contributed by atoms with Crippen LogP contribution in [0.25, 0.3) is 0 Å². The number of rotatable bonds is 4. The second-order valence-corrected chi connectivity index (χ2v) is 7.61. The van der Waals surface area contributed by atoms with Gasteiger partial charge in [0.2, 0.25) is 15.9 Å². The van der Waals surface area contributed by atoms with Gasteiger partial charge in [-0.05, 0) is 30.9 Å². The highest BCUT2D eigenvalue weighted by molar-refractivity contribution is 7.88. The first-order valence-corrected chi connectivity index (χ1v) is 8.69. The van der Waals surface area contributed by atoms with Crippen molar-refractivity contribution >= 4 is 15.9 Å². The Hall–Kier alpha value is -1.40. The topological polar surface area (TPSA) is 57.7 Å². The van der Waals surface area contributed by atoms with Crippen molar-refractivity contribution in [3.63, 3.8) is 0 Å². The number of benzene rings is 1. The van der Waals surface area contributed by atoms with Gasteiger partial charge in [-0.3, -0.25) is 4.79 Å². The number of hydrogen-bond acceptors (Lipinski definition) is 3. The summed E-state index contributed by atoms with van der Waals surface area (Å²) in [6.07, 6.45) is 1.33. The number of likely N-dealkylation sites (N-methyl/N-ethyl adjacent to an activating group) is 1. The van der Waals surface area contributed by atoms with Crippen LogP contribution in [0.4, 0.5) is 0 Å². The molecule has 1 atom stereocenters. The molecule has 2 rings (SSSR count). The van der Waals surface area contributed by atoms with E-state index in [0.29, 0.717) is 13.0 Å². The van der Waals surface area contributed by atoms with Crippen LogP contribution in [0, 0.1) is 6.92 Å². The number of carbonyl (C=O) groups excluding carboxylic acids is 1. The van der Waals surface area contributed by atoms with Crippen molar-refractivity contribution in [3.8, 4) is 0 Å². The van der Waals surface area contributed by atoms with Gasteiger partial charge in [-0.15, -0.1) is 0 Å². The Morgan fingerprint density at radius 2 is 2.00 bits per heavy atom. The molecule has 0 bridgehead atoms. The standard InChI is InChI=1S/C15H22N2O3S/c1-12-7-4-5-8-13(12)11-21(19,20)17-10-6-9-14(17)15(18)16(2)3/h4-5,7-8,14H,6,9-11H2,1-3H3. The molecular weight excluding hydrogens is 288 g/mol. The van der Waals surface area contributed by atoms with E-state index in [1.165, 1.54) is 9.21 Å². The van der Waals surface area contributed by atoms with Crippen LogP contribution >= 0.6 is 0 Å². The number of aryl methyl sites for hydroxylation is 1. The van der Waals surface area contributed by atoms with E-state index in [2.05, 4.69) is 0 Å². The number of carbonyl (C=O) groups is 1.